The second kappa shape index (κ2) is 9.21. The zero-order valence-corrected chi connectivity index (χ0v) is 19.8. The summed E-state index contributed by atoms with van der Waals surface area (Å²) in [7, 11) is 0. The third-order valence-corrected chi connectivity index (χ3v) is 6.70. The molecule has 0 spiro atoms. The minimum absolute atomic E-state index is 0.120. The lowest BCUT2D eigenvalue weighted by Crippen LogP contribution is -2.10. The van der Waals surface area contributed by atoms with Crippen LogP contribution in [0.4, 0.5) is 5.69 Å². The van der Waals surface area contributed by atoms with E-state index in [0.717, 1.165) is 26.7 Å². The zero-order chi connectivity index (χ0) is 23.7. The molecular formula is C28H19ClN2O2S. The van der Waals surface area contributed by atoms with Gasteiger partial charge in [0.2, 0.25) is 0 Å². The normalized spacial score (nSPS) is 11.4. The Morgan fingerprint density at radius 1 is 0.912 bits per heavy atom. The zero-order valence-electron chi connectivity index (χ0n) is 18.2. The van der Waals surface area contributed by atoms with Gasteiger partial charge in [0.1, 0.15) is 4.83 Å². The van der Waals surface area contributed by atoms with Crippen molar-refractivity contribution in [3.05, 3.63) is 112 Å². The van der Waals surface area contributed by atoms with E-state index in [1.807, 2.05) is 37.3 Å². The summed E-state index contributed by atoms with van der Waals surface area (Å²) in [6, 6.07) is 24.1. The molecule has 0 bridgehead atoms. The monoisotopic (exact) mass is 482 g/mol. The summed E-state index contributed by atoms with van der Waals surface area (Å²) in [4.78, 5) is 31.4. The molecule has 166 valence electrons. The van der Waals surface area contributed by atoms with Gasteiger partial charge in [-0.05, 0) is 79.2 Å². The number of hydrogen-bond donors (Lipinski definition) is 1. The molecule has 1 N–H and O–H groups in total. The number of nitrogens with zero attached hydrogens (tertiary/aromatic N) is 1. The van der Waals surface area contributed by atoms with E-state index < -0.39 is 0 Å². The van der Waals surface area contributed by atoms with E-state index in [0.29, 0.717) is 21.2 Å². The summed E-state index contributed by atoms with van der Waals surface area (Å²) < 4.78 is 0. The first-order valence-electron chi connectivity index (χ1n) is 10.6. The van der Waals surface area contributed by atoms with Crippen molar-refractivity contribution < 1.29 is 9.59 Å². The van der Waals surface area contributed by atoms with Crippen LogP contribution in [-0.2, 0) is 0 Å². The van der Waals surface area contributed by atoms with Crippen molar-refractivity contribution in [2.75, 3.05) is 5.32 Å². The van der Waals surface area contributed by atoms with Gasteiger partial charge in [-0.3, -0.25) is 9.59 Å². The van der Waals surface area contributed by atoms with Gasteiger partial charge in [-0.1, -0.05) is 41.4 Å². The molecule has 0 fully saturated rings. The van der Waals surface area contributed by atoms with E-state index in [1.165, 1.54) is 23.0 Å². The predicted molar refractivity (Wildman–Crippen MR) is 141 cm³/mol. The van der Waals surface area contributed by atoms with Gasteiger partial charge < -0.3 is 5.32 Å². The number of thiophene rings is 1. The number of allylic oxidation sites excluding steroid dienone is 1. The lowest BCUT2D eigenvalue weighted by molar-refractivity contribution is 0.102. The van der Waals surface area contributed by atoms with Gasteiger partial charge in [-0.2, -0.15) is 0 Å². The van der Waals surface area contributed by atoms with E-state index in [4.69, 9.17) is 16.6 Å². The van der Waals surface area contributed by atoms with Crippen LogP contribution in [0.2, 0.25) is 5.02 Å². The summed E-state index contributed by atoms with van der Waals surface area (Å²) in [5, 5.41) is 5.55. The number of rotatable bonds is 5. The highest BCUT2D eigenvalue weighted by Crippen LogP contribution is 2.28. The van der Waals surface area contributed by atoms with E-state index in [9.17, 15) is 9.59 Å². The number of pyridine rings is 1. The number of ketones is 1. The second-order valence-corrected chi connectivity index (χ2v) is 9.44. The van der Waals surface area contributed by atoms with Crippen LogP contribution < -0.4 is 5.32 Å². The summed E-state index contributed by atoms with van der Waals surface area (Å²) in [6.45, 7) is 2.05. The molecule has 0 aliphatic heterocycles. The fourth-order valence-corrected chi connectivity index (χ4v) is 4.66. The molecular weight excluding hydrogens is 464 g/mol. The van der Waals surface area contributed by atoms with Crippen molar-refractivity contribution >= 4 is 67.5 Å². The van der Waals surface area contributed by atoms with Gasteiger partial charge in [0.05, 0.1) is 10.4 Å². The lowest BCUT2D eigenvalue weighted by atomic mass is 10.1. The highest BCUT2D eigenvalue weighted by atomic mass is 35.5. The summed E-state index contributed by atoms with van der Waals surface area (Å²) in [5.74, 6) is -0.323. The first kappa shape index (κ1) is 22.0. The molecule has 4 nitrogen and oxygen atoms in total. The van der Waals surface area contributed by atoms with Crippen LogP contribution in [0.25, 0.3) is 27.2 Å². The Kier molecular flexibility index (Phi) is 5.97. The average Bonchev–Trinajstić information content (AvgIpc) is 3.25. The SMILES string of the molecule is Cc1ccc2nc3sc(C(=O)Nc4ccc(C(=O)/C=C/c5ccc(Cl)cc5)cc4)cc3cc2c1. The Labute approximate surface area is 205 Å². The van der Waals surface area contributed by atoms with Crippen molar-refractivity contribution in [3.63, 3.8) is 0 Å². The number of carbonyl (C=O) groups is 2. The lowest BCUT2D eigenvalue weighted by Gasteiger charge is -2.04. The fourth-order valence-electron chi connectivity index (χ4n) is 3.62. The molecule has 0 radical (unpaired) electrons. The van der Waals surface area contributed by atoms with Crippen LogP contribution in [0.1, 0.15) is 31.2 Å². The molecule has 2 aromatic heterocycles. The van der Waals surface area contributed by atoms with Gasteiger partial charge in [0, 0.05) is 27.0 Å². The number of anilines is 1. The Hall–Kier alpha value is -3.80. The summed E-state index contributed by atoms with van der Waals surface area (Å²) in [6.07, 6.45) is 3.26. The van der Waals surface area contributed by atoms with Gasteiger partial charge in [0.25, 0.3) is 5.91 Å². The van der Waals surface area contributed by atoms with Crippen LogP contribution in [0.5, 0.6) is 0 Å². The predicted octanol–water partition coefficient (Wildman–Crippen LogP) is 7.56. The van der Waals surface area contributed by atoms with Crippen LogP contribution in [0.15, 0.2) is 84.9 Å². The average molecular weight is 483 g/mol. The van der Waals surface area contributed by atoms with E-state index in [1.54, 1.807) is 42.5 Å². The van der Waals surface area contributed by atoms with Gasteiger partial charge in [-0.25, -0.2) is 4.98 Å². The number of hydrogen-bond acceptors (Lipinski definition) is 4. The first-order chi connectivity index (χ1) is 16.4. The van der Waals surface area contributed by atoms with Gasteiger partial charge >= 0.3 is 0 Å². The maximum atomic E-state index is 12.8. The number of fused-ring (bicyclic) bond motifs is 2. The maximum Gasteiger partial charge on any atom is 0.265 e. The molecule has 0 unspecified atom stereocenters. The van der Waals surface area contributed by atoms with Crippen LogP contribution >= 0.6 is 22.9 Å². The number of nitrogens with one attached hydrogen (secondary N) is 1. The smallest absolute Gasteiger partial charge is 0.265 e. The number of benzene rings is 3. The molecule has 3 aromatic carbocycles. The van der Waals surface area contributed by atoms with Crippen molar-refractivity contribution in [2.45, 2.75) is 6.92 Å². The summed E-state index contributed by atoms with van der Waals surface area (Å²) >= 11 is 7.25. The molecule has 5 rings (SSSR count). The van der Waals surface area contributed by atoms with E-state index >= 15 is 0 Å². The highest BCUT2D eigenvalue weighted by molar-refractivity contribution is 7.20. The van der Waals surface area contributed by atoms with Gasteiger partial charge in [-0.15, -0.1) is 11.3 Å². The molecule has 0 aliphatic rings. The van der Waals surface area contributed by atoms with Crippen LogP contribution in [0, 0.1) is 6.92 Å². The third kappa shape index (κ3) is 4.76. The molecule has 0 aliphatic carbocycles. The molecule has 2 heterocycles. The Balaban J connectivity index is 1.29. The minimum Gasteiger partial charge on any atom is -0.321 e. The molecule has 0 saturated carbocycles. The maximum absolute atomic E-state index is 12.8. The number of halogens is 1. The topological polar surface area (TPSA) is 59.1 Å². The number of amides is 1. The van der Waals surface area contributed by atoms with Gasteiger partial charge in [0.15, 0.2) is 5.78 Å². The molecule has 1 amide bonds. The molecule has 34 heavy (non-hydrogen) atoms. The van der Waals surface area contributed by atoms with Crippen molar-refractivity contribution in [1.29, 1.82) is 0 Å². The number of carbonyl (C=O) groups excluding carboxylic acids is 2. The highest BCUT2D eigenvalue weighted by Gasteiger charge is 2.13. The van der Waals surface area contributed by atoms with E-state index in [-0.39, 0.29) is 11.7 Å². The number of aryl methyl sites for hydroxylation is 1. The van der Waals surface area contributed by atoms with Crippen LogP contribution in [0.3, 0.4) is 0 Å². The Bertz CT molecular complexity index is 1570. The standard InChI is InChI=1S/C28H19ClN2O2S/c1-17-2-12-24-20(14-17)15-21-16-26(34-28(21)31-24)27(33)30-23-10-6-19(7-11-23)25(32)13-5-18-3-8-22(29)9-4-18/h2-16H,1H3,(H,30,33)/b13-5+. The second-order valence-electron chi connectivity index (χ2n) is 7.97. The third-order valence-electron chi connectivity index (χ3n) is 5.40. The first-order valence-corrected chi connectivity index (χ1v) is 11.8. The number of aromatic nitrogens is 1. The summed E-state index contributed by atoms with van der Waals surface area (Å²) in [5.41, 5.74) is 4.13. The van der Waals surface area contributed by atoms with Crippen LogP contribution in [-0.4, -0.2) is 16.7 Å². The molecule has 0 atom stereocenters. The quantitative estimate of drug-likeness (QED) is 0.208. The van der Waals surface area contributed by atoms with Crippen molar-refractivity contribution in [2.24, 2.45) is 0 Å². The molecule has 5 aromatic rings. The fraction of sp³-hybridized carbons (Fsp3) is 0.0357. The Morgan fingerprint density at radius 2 is 1.68 bits per heavy atom. The largest absolute Gasteiger partial charge is 0.321 e. The van der Waals surface area contributed by atoms with Crippen molar-refractivity contribution in [1.82, 2.24) is 4.98 Å². The van der Waals surface area contributed by atoms with E-state index in [2.05, 4.69) is 17.4 Å². The molecule has 0 saturated heterocycles. The minimum atomic E-state index is -0.204. The Morgan fingerprint density at radius 3 is 2.44 bits per heavy atom. The molecule has 6 heteroatoms. The van der Waals surface area contributed by atoms with Crippen molar-refractivity contribution in [3.8, 4) is 0 Å².